The van der Waals surface area contributed by atoms with Gasteiger partial charge in [0, 0.05) is 18.2 Å². The molecule has 0 aliphatic carbocycles. The van der Waals surface area contributed by atoms with Gasteiger partial charge in [-0.2, -0.15) is 4.98 Å². The Bertz CT molecular complexity index is 923. The van der Waals surface area contributed by atoms with Crippen LogP contribution in [0.4, 0.5) is 14.6 Å². The lowest BCUT2D eigenvalue weighted by Crippen LogP contribution is -2.32. The number of ether oxygens (including phenoxy) is 1. The van der Waals surface area contributed by atoms with Gasteiger partial charge >= 0.3 is 14.3 Å². The molecule has 0 radical (unpaired) electrons. The average Bonchev–Trinajstić information content (AvgIpc) is 3.10. The molecule has 1 aromatic heterocycles. The molecule has 4 unspecified atom stereocenters. The Hall–Kier alpha value is -1.88. The van der Waals surface area contributed by atoms with Crippen molar-refractivity contribution in [3.8, 4) is 5.75 Å². The zero-order valence-electron chi connectivity index (χ0n) is 15.5. The van der Waals surface area contributed by atoms with Crippen LogP contribution in [0.25, 0.3) is 0 Å². The van der Waals surface area contributed by atoms with Crippen LogP contribution in [0.1, 0.15) is 18.2 Å². The van der Waals surface area contributed by atoms with Crippen LogP contribution in [0, 0.1) is 0 Å². The van der Waals surface area contributed by atoms with Crippen LogP contribution in [0.2, 0.25) is 5.02 Å². The van der Waals surface area contributed by atoms with E-state index in [9.17, 15) is 18.7 Å². The monoisotopic (exact) mass is 465 g/mol. The molecular formula is C17H19ClF2N3O6P. The first-order valence-electron chi connectivity index (χ1n) is 8.74. The van der Waals surface area contributed by atoms with E-state index in [0.717, 1.165) is 15.9 Å². The van der Waals surface area contributed by atoms with Crippen molar-refractivity contribution in [1.82, 2.24) is 9.55 Å². The number of para-hydroxylation sites is 1. The Labute approximate surface area is 176 Å². The summed E-state index contributed by atoms with van der Waals surface area (Å²) in [6.07, 6.45) is -0.700. The summed E-state index contributed by atoms with van der Waals surface area (Å²) in [6.45, 7) is -1.20. The van der Waals surface area contributed by atoms with Crippen molar-refractivity contribution in [1.29, 1.82) is 0 Å². The number of aromatic nitrogens is 2. The lowest BCUT2D eigenvalue weighted by Gasteiger charge is -2.24. The normalized spacial score (nSPS) is 25.1. The minimum atomic E-state index is -1.75. The second-order valence-electron chi connectivity index (χ2n) is 6.21. The maximum Gasteiger partial charge on any atom is 0.397 e. The van der Waals surface area contributed by atoms with E-state index in [1.54, 1.807) is 0 Å². The number of nitrogens with zero attached hydrogens (tertiary/aromatic N) is 2. The van der Waals surface area contributed by atoms with Crippen molar-refractivity contribution in [2.45, 2.75) is 31.5 Å². The Morgan fingerprint density at radius 1 is 1.40 bits per heavy atom. The van der Waals surface area contributed by atoms with E-state index in [1.165, 1.54) is 6.20 Å². The van der Waals surface area contributed by atoms with Gasteiger partial charge in [-0.1, -0.05) is 29.8 Å². The summed E-state index contributed by atoms with van der Waals surface area (Å²) in [5.41, 5.74) is 5.82. The SMILES string of the molecule is FCF.Nc1nc(=O)n(C2OC(COP3OCc4ccccc4O3)CC2O)cc1Cl. The third-order valence-corrected chi connectivity index (χ3v) is 5.55. The molecule has 2 aliphatic rings. The number of nitrogen functional groups attached to an aromatic ring is 1. The minimum Gasteiger partial charge on any atom is -0.426 e. The number of nitrogens with two attached hydrogens (primary N) is 1. The fraction of sp³-hybridized carbons (Fsp3) is 0.412. The van der Waals surface area contributed by atoms with Gasteiger partial charge in [0.15, 0.2) is 6.23 Å². The third-order valence-electron chi connectivity index (χ3n) is 4.21. The van der Waals surface area contributed by atoms with Crippen molar-refractivity contribution in [3.63, 3.8) is 0 Å². The predicted octanol–water partition coefficient (Wildman–Crippen LogP) is 2.86. The fourth-order valence-electron chi connectivity index (χ4n) is 2.88. The molecule has 13 heteroatoms. The molecule has 2 aliphatic heterocycles. The van der Waals surface area contributed by atoms with E-state index in [-0.39, 0.29) is 23.9 Å². The Morgan fingerprint density at radius 3 is 2.90 bits per heavy atom. The highest BCUT2D eigenvalue weighted by Gasteiger charge is 2.37. The summed E-state index contributed by atoms with van der Waals surface area (Å²) < 4.78 is 43.0. The smallest absolute Gasteiger partial charge is 0.397 e. The second-order valence-corrected chi connectivity index (χ2v) is 7.76. The largest absolute Gasteiger partial charge is 0.426 e. The number of aliphatic hydroxyl groups excluding tert-OH is 1. The quantitative estimate of drug-likeness (QED) is 0.662. The first-order chi connectivity index (χ1) is 14.4. The fourth-order valence-corrected chi connectivity index (χ4v) is 4.07. The van der Waals surface area contributed by atoms with Crippen LogP contribution in [0.5, 0.6) is 5.75 Å². The zero-order chi connectivity index (χ0) is 21.7. The molecule has 0 spiro atoms. The Morgan fingerprint density at radius 2 is 2.13 bits per heavy atom. The summed E-state index contributed by atoms with van der Waals surface area (Å²) in [7, 11) is -1.55. The first-order valence-corrected chi connectivity index (χ1v) is 10.2. The van der Waals surface area contributed by atoms with E-state index in [2.05, 4.69) is 4.98 Å². The van der Waals surface area contributed by atoms with Crippen LogP contribution in [-0.4, -0.2) is 40.4 Å². The summed E-state index contributed by atoms with van der Waals surface area (Å²) in [5.74, 6) is 0.661. The van der Waals surface area contributed by atoms with E-state index >= 15 is 0 Å². The van der Waals surface area contributed by atoms with Crippen molar-refractivity contribution in [2.24, 2.45) is 0 Å². The number of halogens is 3. The third kappa shape index (κ3) is 5.42. The molecule has 1 saturated heterocycles. The number of rotatable bonds is 4. The molecule has 164 valence electrons. The highest BCUT2D eigenvalue weighted by atomic mass is 35.5. The van der Waals surface area contributed by atoms with Gasteiger partial charge in [0.1, 0.15) is 17.7 Å². The molecule has 3 N–H and O–H groups in total. The molecule has 0 bridgehead atoms. The second kappa shape index (κ2) is 10.4. The van der Waals surface area contributed by atoms with Crippen LogP contribution >= 0.6 is 20.2 Å². The number of hydrogen-bond donors (Lipinski definition) is 2. The van der Waals surface area contributed by atoms with E-state index in [1.807, 2.05) is 24.3 Å². The molecule has 2 aromatic rings. The molecule has 1 aromatic carbocycles. The Kier molecular flexibility index (Phi) is 7.93. The molecule has 30 heavy (non-hydrogen) atoms. The van der Waals surface area contributed by atoms with Gasteiger partial charge in [-0.3, -0.25) is 13.6 Å². The minimum absolute atomic E-state index is 0.0695. The van der Waals surface area contributed by atoms with Crippen molar-refractivity contribution in [2.75, 3.05) is 19.3 Å². The van der Waals surface area contributed by atoms with Gasteiger partial charge in [-0.05, 0) is 6.07 Å². The predicted molar refractivity (Wildman–Crippen MR) is 104 cm³/mol. The molecule has 0 saturated carbocycles. The van der Waals surface area contributed by atoms with Gasteiger partial charge in [-0.25, -0.2) is 13.6 Å². The molecule has 4 atom stereocenters. The van der Waals surface area contributed by atoms with Crippen LogP contribution in [-0.2, 0) is 20.4 Å². The molecule has 4 rings (SSSR count). The Balaban J connectivity index is 0.000000806. The van der Waals surface area contributed by atoms with Gasteiger partial charge in [0.25, 0.3) is 0 Å². The molecule has 0 amide bonds. The highest BCUT2D eigenvalue weighted by Crippen LogP contribution is 2.47. The van der Waals surface area contributed by atoms with Gasteiger partial charge in [0.05, 0.1) is 24.3 Å². The number of benzene rings is 1. The number of alkyl halides is 2. The van der Waals surface area contributed by atoms with Gasteiger partial charge in [-0.15, -0.1) is 0 Å². The van der Waals surface area contributed by atoms with Crippen LogP contribution < -0.4 is 15.9 Å². The average molecular weight is 466 g/mol. The number of anilines is 1. The summed E-state index contributed by atoms with van der Waals surface area (Å²) in [5, 5.41) is 10.4. The number of aliphatic hydroxyl groups is 1. The number of hydrogen-bond acceptors (Lipinski definition) is 8. The van der Waals surface area contributed by atoms with Gasteiger partial charge < -0.3 is 20.1 Å². The van der Waals surface area contributed by atoms with E-state index in [4.69, 9.17) is 35.6 Å². The molecule has 1 fully saturated rings. The van der Waals surface area contributed by atoms with Crippen LogP contribution in [0.3, 0.4) is 0 Å². The number of fused-ring (bicyclic) bond motifs is 1. The lowest BCUT2D eigenvalue weighted by atomic mass is 10.2. The van der Waals surface area contributed by atoms with Crippen molar-refractivity contribution < 1.29 is 32.2 Å². The summed E-state index contributed by atoms with van der Waals surface area (Å²) in [6, 6.07) is 7.57. The van der Waals surface area contributed by atoms with Crippen LogP contribution in [0.15, 0.2) is 35.3 Å². The van der Waals surface area contributed by atoms with Gasteiger partial charge in [0.2, 0.25) is 6.93 Å². The van der Waals surface area contributed by atoms with Crippen molar-refractivity contribution >= 4 is 26.0 Å². The molecule has 9 nitrogen and oxygen atoms in total. The van der Waals surface area contributed by atoms with E-state index in [0.29, 0.717) is 6.61 Å². The van der Waals surface area contributed by atoms with E-state index < -0.39 is 39.7 Å². The lowest BCUT2D eigenvalue weighted by molar-refractivity contribution is -0.0515. The maximum atomic E-state index is 12.0. The summed E-state index contributed by atoms with van der Waals surface area (Å²) >= 11 is 5.91. The maximum absolute atomic E-state index is 12.0. The van der Waals surface area contributed by atoms with Crippen molar-refractivity contribution in [3.05, 3.63) is 51.5 Å². The summed E-state index contributed by atoms with van der Waals surface area (Å²) in [4.78, 5) is 15.6. The highest BCUT2D eigenvalue weighted by molar-refractivity contribution is 7.42. The first kappa shape index (κ1) is 22.8. The molecule has 3 heterocycles. The standard InChI is InChI=1S/C16H17ClN3O6P.CH2F2/c17-11-6-20(16(22)19-14(11)18)15-12(21)5-10(25-15)8-24-27-23-7-9-3-1-2-4-13(9)26-27;2-1-3/h1-4,6,10,12,15,21H,5,7-8H2,(H2,18,19,22);1H2. The molecular weight excluding hydrogens is 447 g/mol. The zero-order valence-corrected chi connectivity index (χ0v) is 17.1. The topological polar surface area (TPSA) is 118 Å².